The first-order valence-corrected chi connectivity index (χ1v) is 11.2. The van der Waals surface area contributed by atoms with Gasteiger partial charge in [-0.25, -0.2) is 0 Å². The molecule has 1 amide bonds. The van der Waals surface area contributed by atoms with Gasteiger partial charge in [0.1, 0.15) is 5.75 Å². The Hall–Kier alpha value is -3.98. The third-order valence-electron chi connectivity index (χ3n) is 4.99. The van der Waals surface area contributed by atoms with Gasteiger partial charge in [-0.15, -0.1) is 10.2 Å². The number of carbonyl (C=O) groups excluding carboxylic acids is 1. The molecule has 166 valence electrons. The summed E-state index contributed by atoms with van der Waals surface area (Å²) in [5.41, 5.74) is 2.35. The van der Waals surface area contributed by atoms with Crippen molar-refractivity contribution >= 4 is 23.4 Å². The van der Waals surface area contributed by atoms with E-state index in [1.807, 2.05) is 65.2 Å². The van der Waals surface area contributed by atoms with Crippen molar-refractivity contribution in [1.82, 2.24) is 14.8 Å². The van der Waals surface area contributed by atoms with Gasteiger partial charge in [-0.3, -0.25) is 9.36 Å². The summed E-state index contributed by atoms with van der Waals surface area (Å²) < 4.78 is 18.2. The maximum absolute atomic E-state index is 12.6. The van der Waals surface area contributed by atoms with E-state index in [9.17, 15) is 4.79 Å². The standard InChI is InChI=1S/C24H20N4O4S/c1-30-19-10-6-5-9-18(19)25-22(29)14-33-24-27-26-23(28(24)17-7-3-2-4-8-17)16-11-12-20-21(13-16)32-15-31-20/h2-13H,14-15H2,1H3,(H,25,29). The van der Waals surface area contributed by atoms with Gasteiger partial charge in [-0.05, 0) is 42.5 Å². The third-order valence-corrected chi connectivity index (χ3v) is 5.92. The molecule has 8 nitrogen and oxygen atoms in total. The number of rotatable bonds is 7. The maximum Gasteiger partial charge on any atom is 0.234 e. The quantitative estimate of drug-likeness (QED) is 0.409. The van der Waals surface area contributed by atoms with E-state index in [1.165, 1.54) is 11.8 Å². The number of para-hydroxylation sites is 3. The first-order chi connectivity index (χ1) is 16.2. The molecule has 9 heteroatoms. The molecule has 0 fully saturated rings. The lowest BCUT2D eigenvalue weighted by molar-refractivity contribution is -0.113. The monoisotopic (exact) mass is 460 g/mol. The van der Waals surface area contributed by atoms with Crippen molar-refractivity contribution in [1.29, 1.82) is 0 Å². The molecule has 0 aliphatic carbocycles. The highest BCUT2D eigenvalue weighted by atomic mass is 32.2. The zero-order valence-corrected chi connectivity index (χ0v) is 18.5. The molecule has 4 aromatic rings. The number of carbonyl (C=O) groups is 1. The molecule has 0 saturated carbocycles. The van der Waals surface area contributed by atoms with Crippen molar-refractivity contribution < 1.29 is 19.0 Å². The van der Waals surface area contributed by atoms with Crippen LogP contribution in [-0.4, -0.2) is 40.3 Å². The van der Waals surface area contributed by atoms with Crippen LogP contribution in [0.4, 0.5) is 5.69 Å². The second-order valence-corrected chi connectivity index (χ2v) is 8.02. The van der Waals surface area contributed by atoms with Gasteiger partial charge in [-0.1, -0.05) is 42.1 Å². The molecule has 0 atom stereocenters. The number of benzene rings is 3. The highest BCUT2D eigenvalue weighted by Gasteiger charge is 2.20. The number of ether oxygens (including phenoxy) is 3. The molecule has 3 aromatic carbocycles. The van der Waals surface area contributed by atoms with E-state index in [-0.39, 0.29) is 18.5 Å². The molecule has 0 unspecified atom stereocenters. The fourth-order valence-corrected chi connectivity index (χ4v) is 4.21. The molecule has 0 radical (unpaired) electrons. The number of nitrogens with zero attached hydrogens (tertiary/aromatic N) is 3. The summed E-state index contributed by atoms with van der Waals surface area (Å²) in [7, 11) is 1.57. The number of anilines is 1. The summed E-state index contributed by atoms with van der Waals surface area (Å²) in [5, 5.41) is 12.3. The van der Waals surface area contributed by atoms with E-state index in [0.29, 0.717) is 33.9 Å². The predicted molar refractivity (Wildman–Crippen MR) is 125 cm³/mol. The summed E-state index contributed by atoms with van der Waals surface area (Å²) in [6, 6.07) is 22.7. The van der Waals surface area contributed by atoms with Crippen LogP contribution >= 0.6 is 11.8 Å². The smallest absolute Gasteiger partial charge is 0.234 e. The number of thioether (sulfide) groups is 1. The van der Waals surface area contributed by atoms with Crippen LogP contribution in [0.15, 0.2) is 78.0 Å². The van der Waals surface area contributed by atoms with Crippen LogP contribution in [0.5, 0.6) is 17.2 Å². The van der Waals surface area contributed by atoms with Crippen molar-refractivity contribution in [2.75, 3.05) is 25.0 Å². The van der Waals surface area contributed by atoms with E-state index < -0.39 is 0 Å². The molecule has 1 N–H and O–H groups in total. The molecule has 33 heavy (non-hydrogen) atoms. The normalized spacial score (nSPS) is 11.9. The largest absolute Gasteiger partial charge is 0.495 e. The Morgan fingerprint density at radius 2 is 1.82 bits per heavy atom. The van der Waals surface area contributed by atoms with Crippen LogP contribution in [0.1, 0.15) is 0 Å². The van der Waals surface area contributed by atoms with Gasteiger partial charge in [0.2, 0.25) is 12.7 Å². The van der Waals surface area contributed by atoms with Gasteiger partial charge >= 0.3 is 0 Å². The number of nitrogens with one attached hydrogen (secondary N) is 1. The molecule has 5 rings (SSSR count). The fraction of sp³-hybridized carbons (Fsp3) is 0.125. The first kappa shape index (κ1) is 20.9. The summed E-state index contributed by atoms with van der Waals surface area (Å²) in [4.78, 5) is 12.6. The van der Waals surface area contributed by atoms with Crippen LogP contribution in [0.3, 0.4) is 0 Å². The number of aromatic nitrogens is 3. The molecule has 0 bridgehead atoms. The Labute approximate surface area is 194 Å². The van der Waals surface area contributed by atoms with Gasteiger partial charge in [0.05, 0.1) is 18.6 Å². The minimum atomic E-state index is -0.170. The first-order valence-electron chi connectivity index (χ1n) is 10.2. The third kappa shape index (κ3) is 4.35. The van der Waals surface area contributed by atoms with E-state index in [2.05, 4.69) is 15.5 Å². The molecule has 0 saturated heterocycles. The van der Waals surface area contributed by atoms with Crippen LogP contribution < -0.4 is 19.5 Å². The highest BCUT2D eigenvalue weighted by Crippen LogP contribution is 2.37. The van der Waals surface area contributed by atoms with Crippen LogP contribution in [0.2, 0.25) is 0 Å². The lowest BCUT2D eigenvalue weighted by atomic mass is 10.2. The summed E-state index contributed by atoms with van der Waals surface area (Å²) >= 11 is 1.30. The summed E-state index contributed by atoms with van der Waals surface area (Å²) in [5.74, 6) is 2.61. The number of hydrogen-bond acceptors (Lipinski definition) is 7. The zero-order valence-electron chi connectivity index (χ0n) is 17.7. The van der Waals surface area contributed by atoms with Crippen molar-refractivity contribution in [3.63, 3.8) is 0 Å². The molecule has 1 aliphatic rings. The van der Waals surface area contributed by atoms with Crippen molar-refractivity contribution in [3.8, 4) is 34.3 Å². The maximum atomic E-state index is 12.6. The summed E-state index contributed by atoms with van der Waals surface area (Å²) in [6.07, 6.45) is 0. The van der Waals surface area contributed by atoms with Crippen molar-refractivity contribution in [3.05, 3.63) is 72.8 Å². The molecule has 1 aliphatic heterocycles. The zero-order chi connectivity index (χ0) is 22.6. The molecule has 1 aromatic heterocycles. The highest BCUT2D eigenvalue weighted by molar-refractivity contribution is 7.99. The second kappa shape index (κ2) is 9.25. The predicted octanol–water partition coefficient (Wildman–Crippen LogP) is 4.40. The Kier molecular flexibility index (Phi) is 5.86. The molecule has 0 spiro atoms. The van der Waals surface area contributed by atoms with Gasteiger partial charge in [0, 0.05) is 11.3 Å². The Morgan fingerprint density at radius 3 is 2.67 bits per heavy atom. The second-order valence-electron chi connectivity index (χ2n) is 7.08. The van der Waals surface area contributed by atoms with Crippen LogP contribution in [0, 0.1) is 0 Å². The van der Waals surface area contributed by atoms with Gasteiger partial charge in [0.25, 0.3) is 0 Å². The lowest BCUT2D eigenvalue weighted by Gasteiger charge is -2.11. The van der Waals surface area contributed by atoms with E-state index >= 15 is 0 Å². The van der Waals surface area contributed by atoms with Gasteiger partial charge < -0.3 is 19.5 Å². The van der Waals surface area contributed by atoms with E-state index in [0.717, 1.165) is 11.3 Å². The van der Waals surface area contributed by atoms with E-state index in [4.69, 9.17) is 14.2 Å². The number of hydrogen-bond donors (Lipinski definition) is 1. The van der Waals surface area contributed by atoms with Crippen LogP contribution in [0.25, 0.3) is 17.1 Å². The summed E-state index contributed by atoms with van der Waals surface area (Å²) in [6.45, 7) is 0.201. The topological polar surface area (TPSA) is 87.5 Å². The Morgan fingerprint density at radius 1 is 1.03 bits per heavy atom. The minimum Gasteiger partial charge on any atom is -0.495 e. The fourth-order valence-electron chi connectivity index (χ4n) is 3.46. The SMILES string of the molecule is COc1ccccc1NC(=O)CSc1nnc(-c2ccc3c(c2)OCO3)n1-c1ccccc1. The number of amides is 1. The number of methoxy groups -OCH3 is 1. The lowest BCUT2D eigenvalue weighted by Crippen LogP contribution is -2.15. The van der Waals surface area contributed by atoms with Crippen molar-refractivity contribution in [2.24, 2.45) is 0 Å². The average Bonchev–Trinajstić information content (AvgIpc) is 3.50. The van der Waals surface area contributed by atoms with Gasteiger partial charge in [0.15, 0.2) is 22.5 Å². The van der Waals surface area contributed by atoms with E-state index in [1.54, 1.807) is 19.2 Å². The Bertz CT molecular complexity index is 1290. The number of fused-ring (bicyclic) bond motifs is 1. The van der Waals surface area contributed by atoms with Gasteiger partial charge in [-0.2, -0.15) is 0 Å². The van der Waals surface area contributed by atoms with Crippen LogP contribution in [-0.2, 0) is 4.79 Å². The molecular weight excluding hydrogens is 440 g/mol. The molecular formula is C24H20N4O4S. The molecule has 2 heterocycles. The average molecular weight is 461 g/mol. The van der Waals surface area contributed by atoms with Crippen molar-refractivity contribution in [2.45, 2.75) is 5.16 Å². The Balaban J connectivity index is 1.41. The minimum absolute atomic E-state index is 0.157.